The van der Waals surface area contributed by atoms with E-state index in [2.05, 4.69) is 38.2 Å². The van der Waals surface area contributed by atoms with Gasteiger partial charge in [-0.1, -0.05) is 160 Å². The van der Waals surface area contributed by atoms with Crippen LogP contribution in [0.4, 0.5) is 0 Å². The van der Waals surface area contributed by atoms with Crippen LogP contribution in [0, 0.1) is 0 Å². The minimum absolute atomic E-state index is 0.0676. The van der Waals surface area contributed by atoms with E-state index in [1.54, 1.807) is 0 Å². The molecule has 0 aliphatic rings. The van der Waals surface area contributed by atoms with E-state index in [1.165, 1.54) is 109 Å². The molecule has 1 atom stereocenters. The van der Waals surface area contributed by atoms with Crippen LogP contribution in [0.1, 0.15) is 187 Å². The topological polar surface area (TPSA) is 72.8 Å². The van der Waals surface area contributed by atoms with Crippen LogP contribution in [0.3, 0.4) is 0 Å². The minimum Gasteiger partial charge on any atom is -0.462 e. The number of hydrogen-bond acceptors (Lipinski definition) is 5. The first kappa shape index (κ1) is 41.4. The predicted octanol–water partition coefficient (Wildman–Crippen LogP) is 11.1. The SMILES string of the molecule is CCCC/C=C\C/C=C\CCCCCCCC(=O)OC(CO)COC(=O)CCCCCCCCCCCCCCCCC. The Balaban J connectivity index is 3.56. The largest absolute Gasteiger partial charge is 0.462 e. The molecular weight excluding hydrogens is 536 g/mol. The molecule has 0 amide bonds. The van der Waals surface area contributed by atoms with Crippen molar-refractivity contribution in [3.63, 3.8) is 0 Å². The molecule has 0 spiro atoms. The molecule has 0 radical (unpaired) electrons. The summed E-state index contributed by atoms with van der Waals surface area (Å²) >= 11 is 0. The molecule has 0 aromatic heterocycles. The van der Waals surface area contributed by atoms with Crippen LogP contribution in [-0.2, 0) is 19.1 Å². The fraction of sp³-hybridized carbons (Fsp3) is 0.842. The third-order valence-electron chi connectivity index (χ3n) is 8.00. The molecule has 0 saturated heterocycles. The molecule has 1 unspecified atom stereocenters. The summed E-state index contributed by atoms with van der Waals surface area (Å²) in [4.78, 5) is 24.2. The smallest absolute Gasteiger partial charge is 0.306 e. The number of aliphatic hydroxyl groups excluding tert-OH is 1. The maximum atomic E-state index is 12.1. The average molecular weight is 607 g/mol. The average Bonchev–Trinajstić information content (AvgIpc) is 3.01. The number of rotatable bonds is 33. The number of ether oxygens (including phenoxy) is 2. The molecule has 0 heterocycles. The maximum Gasteiger partial charge on any atom is 0.306 e. The van der Waals surface area contributed by atoms with Crippen molar-refractivity contribution in [1.29, 1.82) is 0 Å². The summed E-state index contributed by atoms with van der Waals surface area (Å²) in [7, 11) is 0. The highest BCUT2D eigenvalue weighted by Crippen LogP contribution is 2.14. The normalized spacial score (nSPS) is 12.3. The van der Waals surface area contributed by atoms with Gasteiger partial charge in [0.15, 0.2) is 6.10 Å². The van der Waals surface area contributed by atoms with Gasteiger partial charge in [-0.05, 0) is 38.5 Å². The molecule has 0 aromatic rings. The molecule has 0 bridgehead atoms. The third-order valence-corrected chi connectivity index (χ3v) is 8.00. The van der Waals surface area contributed by atoms with Crippen molar-refractivity contribution in [3.8, 4) is 0 Å². The fourth-order valence-electron chi connectivity index (χ4n) is 5.16. The van der Waals surface area contributed by atoms with Crippen LogP contribution in [0.5, 0.6) is 0 Å². The lowest BCUT2D eigenvalue weighted by Crippen LogP contribution is -2.28. The van der Waals surface area contributed by atoms with Gasteiger partial charge in [-0.3, -0.25) is 9.59 Å². The Kier molecular flexibility index (Phi) is 33.6. The number of carbonyl (C=O) groups is 2. The van der Waals surface area contributed by atoms with Gasteiger partial charge in [-0.25, -0.2) is 0 Å². The molecule has 5 heteroatoms. The van der Waals surface area contributed by atoms with Crippen molar-refractivity contribution in [2.75, 3.05) is 13.2 Å². The van der Waals surface area contributed by atoms with Crippen LogP contribution in [0.2, 0.25) is 0 Å². The molecule has 0 saturated carbocycles. The Morgan fingerprint density at radius 2 is 0.953 bits per heavy atom. The summed E-state index contributed by atoms with van der Waals surface area (Å²) in [6.07, 6.45) is 39.4. The van der Waals surface area contributed by atoms with Crippen LogP contribution in [-0.4, -0.2) is 36.4 Å². The highest BCUT2D eigenvalue weighted by atomic mass is 16.6. The van der Waals surface area contributed by atoms with E-state index < -0.39 is 6.10 Å². The molecule has 0 aromatic carbocycles. The first-order valence-electron chi connectivity index (χ1n) is 18.4. The first-order valence-corrected chi connectivity index (χ1v) is 18.4. The fourth-order valence-corrected chi connectivity index (χ4v) is 5.16. The monoisotopic (exact) mass is 607 g/mol. The lowest BCUT2D eigenvalue weighted by atomic mass is 10.0. The molecule has 252 valence electrons. The number of aliphatic hydroxyl groups is 1. The van der Waals surface area contributed by atoms with Crippen LogP contribution in [0.15, 0.2) is 24.3 Å². The van der Waals surface area contributed by atoms with Crippen molar-refractivity contribution in [2.24, 2.45) is 0 Å². The molecule has 0 aliphatic carbocycles. The molecular formula is C38H70O5. The predicted molar refractivity (Wildman–Crippen MR) is 182 cm³/mol. The second-order valence-corrected chi connectivity index (χ2v) is 12.3. The maximum absolute atomic E-state index is 12.1. The summed E-state index contributed by atoms with van der Waals surface area (Å²) in [6.45, 7) is 4.09. The summed E-state index contributed by atoms with van der Waals surface area (Å²) in [6, 6.07) is 0. The summed E-state index contributed by atoms with van der Waals surface area (Å²) in [5.41, 5.74) is 0. The molecule has 0 fully saturated rings. The highest BCUT2D eigenvalue weighted by Gasteiger charge is 2.16. The number of unbranched alkanes of at least 4 members (excludes halogenated alkanes) is 21. The standard InChI is InChI=1S/C38H70O5/c1-3-5-7-9-11-13-15-17-19-21-22-24-26-28-30-32-37(40)42-35-36(34-39)43-38(41)33-31-29-27-25-23-20-18-16-14-12-10-8-6-4-2/h10,12,16,18,36,39H,3-9,11,13-15,17,19-35H2,1-2H3/b12-10-,18-16-. The number of allylic oxidation sites excluding steroid dienone is 4. The van der Waals surface area contributed by atoms with Crippen molar-refractivity contribution in [1.82, 2.24) is 0 Å². The Bertz CT molecular complexity index is 657. The van der Waals surface area contributed by atoms with Gasteiger partial charge in [0.1, 0.15) is 6.61 Å². The van der Waals surface area contributed by atoms with E-state index in [1.807, 2.05) is 0 Å². The van der Waals surface area contributed by atoms with Crippen LogP contribution >= 0.6 is 0 Å². The number of carbonyl (C=O) groups excluding carboxylic acids is 2. The van der Waals surface area contributed by atoms with Gasteiger partial charge < -0.3 is 14.6 Å². The summed E-state index contributed by atoms with van der Waals surface area (Å²) in [5.74, 6) is -0.602. The Labute approximate surface area is 266 Å². The van der Waals surface area contributed by atoms with E-state index in [9.17, 15) is 14.7 Å². The molecule has 43 heavy (non-hydrogen) atoms. The van der Waals surface area contributed by atoms with E-state index in [4.69, 9.17) is 9.47 Å². The van der Waals surface area contributed by atoms with Gasteiger partial charge in [-0.15, -0.1) is 0 Å². The second kappa shape index (κ2) is 34.9. The lowest BCUT2D eigenvalue weighted by Gasteiger charge is -2.15. The number of hydrogen-bond donors (Lipinski definition) is 1. The van der Waals surface area contributed by atoms with E-state index in [-0.39, 0.29) is 25.2 Å². The molecule has 0 rings (SSSR count). The van der Waals surface area contributed by atoms with Crippen molar-refractivity contribution in [3.05, 3.63) is 24.3 Å². The van der Waals surface area contributed by atoms with Crippen molar-refractivity contribution < 1.29 is 24.2 Å². The first-order chi connectivity index (χ1) is 21.1. The minimum atomic E-state index is -0.772. The quantitative estimate of drug-likeness (QED) is 0.0457. The summed E-state index contributed by atoms with van der Waals surface area (Å²) in [5, 5.41) is 9.52. The summed E-state index contributed by atoms with van der Waals surface area (Å²) < 4.78 is 10.6. The zero-order valence-electron chi connectivity index (χ0n) is 28.5. The van der Waals surface area contributed by atoms with E-state index >= 15 is 0 Å². The molecule has 1 N–H and O–H groups in total. The lowest BCUT2D eigenvalue weighted by molar-refractivity contribution is -0.161. The molecule has 5 nitrogen and oxygen atoms in total. The van der Waals surface area contributed by atoms with Crippen LogP contribution < -0.4 is 0 Å². The van der Waals surface area contributed by atoms with Crippen molar-refractivity contribution >= 4 is 11.9 Å². The Morgan fingerprint density at radius 1 is 0.535 bits per heavy atom. The van der Waals surface area contributed by atoms with E-state index in [0.29, 0.717) is 12.8 Å². The van der Waals surface area contributed by atoms with Gasteiger partial charge in [0.2, 0.25) is 0 Å². The Hall–Kier alpha value is -1.62. The van der Waals surface area contributed by atoms with Gasteiger partial charge >= 0.3 is 11.9 Å². The van der Waals surface area contributed by atoms with E-state index in [0.717, 1.165) is 51.4 Å². The van der Waals surface area contributed by atoms with Crippen molar-refractivity contribution in [2.45, 2.75) is 193 Å². The Morgan fingerprint density at radius 3 is 1.44 bits per heavy atom. The highest BCUT2D eigenvalue weighted by molar-refractivity contribution is 5.70. The zero-order valence-corrected chi connectivity index (χ0v) is 28.5. The van der Waals surface area contributed by atoms with Gasteiger partial charge in [0.05, 0.1) is 6.61 Å². The van der Waals surface area contributed by atoms with Gasteiger partial charge in [-0.2, -0.15) is 0 Å². The molecule has 0 aliphatic heterocycles. The number of esters is 2. The zero-order chi connectivity index (χ0) is 31.5. The van der Waals surface area contributed by atoms with Gasteiger partial charge in [0.25, 0.3) is 0 Å². The second-order valence-electron chi connectivity index (χ2n) is 12.3. The van der Waals surface area contributed by atoms with Crippen LogP contribution in [0.25, 0.3) is 0 Å². The third kappa shape index (κ3) is 33.1. The van der Waals surface area contributed by atoms with Gasteiger partial charge in [0, 0.05) is 12.8 Å².